The van der Waals surface area contributed by atoms with Crippen molar-refractivity contribution < 1.29 is 0 Å². The molecule has 0 atom stereocenters. The molecule has 0 aliphatic heterocycles. The van der Waals surface area contributed by atoms with E-state index in [2.05, 4.69) is 34.0 Å². The molecule has 4 nitrogen and oxygen atoms in total. The predicted molar refractivity (Wildman–Crippen MR) is 64.3 cm³/mol. The fourth-order valence-corrected chi connectivity index (χ4v) is 1.23. The van der Waals surface area contributed by atoms with Crippen LogP contribution in [0.2, 0.25) is 0 Å². The lowest BCUT2D eigenvalue weighted by molar-refractivity contribution is 0.583. The summed E-state index contributed by atoms with van der Waals surface area (Å²) in [4.78, 5) is 10.7. The molecule has 0 unspecified atom stereocenters. The molecule has 0 saturated heterocycles. The van der Waals surface area contributed by atoms with Crippen LogP contribution in [0.15, 0.2) is 12.4 Å². The van der Waals surface area contributed by atoms with Gasteiger partial charge in [-0.3, -0.25) is 4.98 Å². The van der Waals surface area contributed by atoms with Crippen LogP contribution in [-0.2, 0) is 0 Å². The monoisotopic (exact) mass is 208 g/mol. The number of nitrogens with zero attached hydrogens (tertiary/aromatic N) is 3. The van der Waals surface area contributed by atoms with Gasteiger partial charge in [0.15, 0.2) is 0 Å². The number of hydrogen-bond acceptors (Lipinski definition) is 4. The Labute approximate surface area is 91.7 Å². The summed E-state index contributed by atoms with van der Waals surface area (Å²) in [6, 6.07) is 0. The van der Waals surface area contributed by atoms with Crippen molar-refractivity contribution in [2.45, 2.75) is 20.3 Å². The molecule has 0 aromatic carbocycles. The minimum absolute atomic E-state index is 0.716. The summed E-state index contributed by atoms with van der Waals surface area (Å²) >= 11 is 0. The molecular formula is C11H20N4. The van der Waals surface area contributed by atoms with E-state index in [1.165, 1.54) is 6.42 Å². The first-order valence-corrected chi connectivity index (χ1v) is 5.34. The Morgan fingerprint density at radius 2 is 2.13 bits per heavy atom. The number of aromatic nitrogens is 2. The van der Waals surface area contributed by atoms with Gasteiger partial charge in [-0.1, -0.05) is 13.8 Å². The summed E-state index contributed by atoms with van der Waals surface area (Å²) in [5.74, 6) is 2.44. The van der Waals surface area contributed by atoms with Crippen LogP contribution < -0.4 is 10.2 Å². The van der Waals surface area contributed by atoms with Gasteiger partial charge in [-0.2, -0.15) is 0 Å². The smallest absolute Gasteiger partial charge is 0.149 e. The zero-order valence-electron chi connectivity index (χ0n) is 9.99. The van der Waals surface area contributed by atoms with Crippen LogP contribution in [0.25, 0.3) is 0 Å². The molecule has 0 saturated carbocycles. The van der Waals surface area contributed by atoms with Crippen LogP contribution in [-0.4, -0.2) is 30.6 Å². The topological polar surface area (TPSA) is 41.1 Å². The molecule has 15 heavy (non-hydrogen) atoms. The van der Waals surface area contributed by atoms with Crippen molar-refractivity contribution in [3.05, 3.63) is 12.4 Å². The molecule has 1 rings (SSSR count). The van der Waals surface area contributed by atoms with Crippen molar-refractivity contribution in [2.75, 3.05) is 30.9 Å². The molecule has 0 aliphatic rings. The number of rotatable bonds is 5. The summed E-state index contributed by atoms with van der Waals surface area (Å²) in [6.07, 6.45) is 4.68. The molecule has 1 aromatic heterocycles. The molecule has 1 N–H and O–H groups in total. The maximum atomic E-state index is 4.42. The molecule has 1 heterocycles. The van der Waals surface area contributed by atoms with E-state index in [-0.39, 0.29) is 0 Å². The quantitative estimate of drug-likeness (QED) is 0.803. The fraction of sp³-hybridized carbons (Fsp3) is 0.636. The highest BCUT2D eigenvalue weighted by molar-refractivity contribution is 5.42. The third-order valence-corrected chi connectivity index (χ3v) is 2.31. The van der Waals surface area contributed by atoms with E-state index in [1.807, 2.05) is 14.1 Å². The average Bonchev–Trinajstić information content (AvgIpc) is 2.26. The highest BCUT2D eigenvalue weighted by Gasteiger charge is 2.04. The van der Waals surface area contributed by atoms with E-state index < -0.39 is 0 Å². The van der Waals surface area contributed by atoms with Gasteiger partial charge in [0.25, 0.3) is 0 Å². The van der Waals surface area contributed by atoms with Gasteiger partial charge in [0.1, 0.15) is 11.6 Å². The van der Waals surface area contributed by atoms with E-state index in [1.54, 1.807) is 12.4 Å². The molecule has 4 heteroatoms. The average molecular weight is 208 g/mol. The van der Waals surface area contributed by atoms with Gasteiger partial charge in [-0.15, -0.1) is 0 Å². The third kappa shape index (κ3) is 3.73. The Balaban J connectivity index is 2.60. The zero-order valence-corrected chi connectivity index (χ0v) is 9.99. The highest BCUT2D eigenvalue weighted by Crippen LogP contribution is 2.11. The van der Waals surface area contributed by atoms with Gasteiger partial charge >= 0.3 is 0 Å². The number of hydrogen-bond donors (Lipinski definition) is 1. The molecule has 0 radical (unpaired) electrons. The largest absolute Gasteiger partial charge is 0.372 e. The lowest BCUT2D eigenvalue weighted by Crippen LogP contribution is -2.21. The molecular weight excluding hydrogens is 188 g/mol. The Kier molecular flexibility index (Phi) is 4.34. The van der Waals surface area contributed by atoms with Crippen LogP contribution in [0.4, 0.5) is 11.6 Å². The minimum atomic E-state index is 0.716. The van der Waals surface area contributed by atoms with E-state index in [0.29, 0.717) is 5.92 Å². The molecule has 0 fully saturated rings. The number of anilines is 2. The Morgan fingerprint density at radius 3 is 2.73 bits per heavy atom. The Morgan fingerprint density at radius 1 is 1.40 bits per heavy atom. The standard InChI is InChI=1S/C11H20N4/c1-9(2)5-6-15(4)11-8-13-7-10(12-3)14-11/h7-9H,5-6H2,1-4H3,(H,12,14). The van der Waals surface area contributed by atoms with E-state index >= 15 is 0 Å². The summed E-state index contributed by atoms with van der Waals surface area (Å²) in [5.41, 5.74) is 0. The van der Waals surface area contributed by atoms with Crippen LogP contribution in [0.5, 0.6) is 0 Å². The summed E-state index contributed by atoms with van der Waals surface area (Å²) in [5, 5.41) is 2.99. The van der Waals surface area contributed by atoms with E-state index in [0.717, 1.165) is 18.2 Å². The molecule has 0 bridgehead atoms. The summed E-state index contributed by atoms with van der Waals surface area (Å²) in [6.45, 7) is 5.46. The first-order valence-electron chi connectivity index (χ1n) is 5.34. The van der Waals surface area contributed by atoms with Crippen molar-refractivity contribution in [1.29, 1.82) is 0 Å². The summed E-state index contributed by atoms with van der Waals surface area (Å²) < 4.78 is 0. The second-order valence-electron chi connectivity index (χ2n) is 4.12. The first kappa shape index (κ1) is 11.8. The lowest BCUT2D eigenvalue weighted by Gasteiger charge is -2.19. The Bertz CT molecular complexity index is 298. The molecule has 84 valence electrons. The maximum Gasteiger partial charge on any atom is 0.149 e. The van der Waals surface area contributed by atoms with Gasteiger partial charge < -0.3 is 10.2 Å². The molecule has 1 aromatic rings. The van der Waals surface area contributed by atoms with E-state index in [9.17, 15) is 0 Å². The van der Waals surface area contributed by atoms with Crippen molar-refractivity contribution in [3.63, 3.8) is 0 Å². The van der Waals surface area contributed by atoms with Gasteiger partial charge in [0.05, 0.1) is 12.4 Å². The zero-order chi connectivity index (χ0) is 11.3. The van der Waals surface area contributed by atoms with Gasteiger partial charge in [-0.05, 0) is 12.3 Å². The SMILES string of the molecule is CNc1cncc(N(C)CCC(C)C)n1. The van der Waals surface area contributed by atoms with Crippen molar-refractivity contribution in [1.82, 2.24) is 9.97 Å². The molecule has 0 amide bonds. The van der Waals surface area contributed by atoms with Crippen molar-refractivity contribution in [2.24, 2.45) is 5.92 Å². The lowest BCUT2D eigenvalue weighted by atomic mass is 10.1. The molecule has 0 spiro atoms. The predicted octanol–water partition coefficient (Wildman–Crippen LogP) is 2.00. The van der Waals surface area contributed by atoms with Crippen LogP contribution in [0, 0.1) is 5.92 Å². The van der Waals surface area contributed by atoms with Gasteiger partial charge in [0, 0.05) is 20.6 Å². The Hall–Kier alpha value is -1.32. The van der Waals surface area contributed by atoms with Crippen LogP contribution >= 0.6 is 0 Å². The first-order chi connectivity index (χ1) is 7.13. The normalized spacial score (nSPS) is 10.5. The third-order valence-electron chi connectivity index (χ3n) is 2.31. The van der Waals surface area contributed by atoms with Crippen LogP contribution in [0.1, 0.15) is 20.3 Å². The van der Waals surface area contributed by atoms with E-state index in [4.69, 9.17) is 0 Å². The van der Waals surface area contributed by atoms with Crippen LogP contribution in [0.3, 0.4) is 0 Å². The fourth-order valence-electron chi connectivity index (χ4n) is 1.23. The van der Waals surface area contributed by atoms with Gasteiger partial charge in [0.2, 0.25) is 0 Å². The van der Waals surface area contributed by atoms with Crippen molar-refractivity contribution in [3.8, 4) is 0 Å². The van der Waals surface area contributed by atoms with Gasteiger partial charge in [-0.25, -0.2) is 4.98 Å². The second-order valence-corrected chi connectivity index (χ2v) is 4.12. The maximum absolute atomic E-state index is 4.42. The molecule has 0 aliphatic carbocycles. The second kappa shape index (κ2) is 5.53. The minimum Gasteiger partial charge on any atom is -0.372 e. The number of nitrogens with one attached hydrogen (secondary N) is 1. The highest BCUT2D eigenvalue weighted by atomic mass is 15.2. The van der Waals surface area contributed by atoms with Crippen molar-refractivity contribution >= 4 is 11.6 Å². The summed E-state index contributed by atoms with van der Waals surface area (Å²) in [7, 11) is 3.90.